The molecule has 1 atom stereocenters. The Bertz CT molecular complexity index is 778. The number of halogens is 1. The summed E-state index contributed by atoms with van der Waals surface area (Å²) in [5.74, 6) is -2.27. The van der Waals surface area contributed by atoms with E-state index in [1.807, 2.05) is 0 Å². The van der Waals surface area contributed by atoms with Crippen LogP contribution < -0.4 is 15.5 Å². The molecule has 1 aromatic rings. The summed E-state index contributed by atoms with van der Waals surface area (Å²) >= 11 is 0. The van der Waals surface area contributed by atoms with Gasteiger partial charge >= 0.3 is 5.97 Å². The Kier molecular flexibility index (Phi) is 8.16. The number of amides is 2. The summed E-state index contributed by atoms with van der Waals surface area (Å²) in [6.45, 7) is 4.95. The van der Waals surface area contributed by atoms with Gasteiger partial charge < -0.3 is 20.4 Å². The Morgan fingerprint density at radius 1 is 1.30 bits per heavy atom. The monoisotopic (exact) mass is 423 g/mol. The van der Waals surface area contributed by atoms with Crippen molar-refractivity contribution >= 4 is 29.2 Å². The Hall–Kier alpha value is -2.68. The van der Waals surface area contributed by atoms with Crippen LogP contribution in [0.3, 0.4) is 0 Å². The van der Waals surface area contributed by atoms with Crippen LogP contribution in [0.1, 0.15) is 52.4 Å². The van der Waals surface area contributed by atoms with Crippen molar-refractivity contribution in [3.05, 3.63) is 24.0 Å². The molecule has 1 unspecified atom stereocenters. The van der Waals surface area contributed by atoms with Crippen molar-refractivity contribution in [2.24, 2.45) is 0 Å². The van der Waals surface area contributed by atoms with Crippen molar-refractivity contribution in [2.45, 2.75) is 64.0 Å². The molecule has 0 aromatic heterocycles. The average Bonchev–Trinajstić information content (AvgIpc) is 2.65. The van der Waals surface area contributed by atoms with Crippen LogP contribution in [-0.2, 0) is 14.4 Å². The number of aliphatic hydroxyl groups is 1. The second kappa shape index (κ2) is 10.4. The zero-order valence-corrected chi connectivity index (χ0v) is 17.4. The van der Waals surface area contributed by atoms with Crippen molar-refractivity contribution in [1.29, 1.82) is 0 Å². The third kappa shape index (κ3) is 6.41. The van der Waals surface area contributed by atoms with E-state index in [4.69, 9.17) is 5.11 Å². The van der Waals surface area contributed by atoms with Crippen LogP contribution in [0, 0.1) is 5.82 Å². The molecule has 0 spiro atoms. The molecule has 0 bridgehead atoms. The number of rotatable bonds is 5. The number of piperidine rings is 2. The van der Waals surface area contributed by atoms with Gasteiger partial charge in [0.05, 0.1) is 17.7 Å². The van der Waals surface area contributed by atoms with Gasteiger partial charge in [0.25, 0.3) is 0 Å². The van der Waals surface area contributed by atoms with Crippen LogP contribution in [0.4, 0.5) is 15.8 Å². The molecule has 2 fully saturated rings. The van der Waals surface area contributed by atoms with Gasteiger partial charge in [-0.1, -0.05) is 20.3 Å². The number of hydrogen-bond acceptors (Lipinski definition) is 6. The Morgan fingerprint density at radius 3 is 2.47 bits per heavy atom. The molecule has 3 rings (SSSR count). The number of nitrogens with one attached hydrogen (secondary N) is 2. The molecule has 0 saturated carbocycles. The molecule has 30 heavy (non-hydrogen) atoms. The van der Waals surface area contributed by atoms with Gasteiger partial charge in [-0.25, -0.2) is 4.39 Å². The van der Waals surface area contributed by atoms with Gasteiger partial charge in [0.15, 0.2) is 0 Å². The van der Waals surface area contributed by atoms with E-state index in [1.165, 1.54) is 12.5 Å². The fraction of sp³-hybridized carbons (Fsp3) is 0.571. The summed E-state index contributed by atoms with van der Waals surface area (Å²) in [5.41, 5.74) is -0.460. The van der Waals surface area contributed by atoms with E-state index in [9.17, 15) is 23.9 Å². The number of aliphatic carboxylic acids is 1. The number of carboxylic acids is 1. The van der Waals surface area contributed by atoms with Crippen molar-refractivity contribution in [1.82, 2.24) is 5.32 Å². The van der Waals surface area contributed by atoms with E-state index in [0.717, 1.165) is 0 Å². The van der Waals surface area contributed by atoms with Crippen LogP contribution in [0.2, 0.25) is 0 Å². The topological polar surface area (TPSA) is 119 Å². The van der Waals surface area contributed by atoms with E-state index in [2.05, 4.69) is 24.5 Å². The number of carbonyl (C=O) groups is 3. The van der Waals surface area contributed by atoms with E-state index < -0.39 is 29.3 Å². The maximum Gasteiger partial charge on any atom is 0.306 e. The first-order valence-electron chi connectivity index (χ1n) is 10.3. The number of nitrogens with zero attached hydrogens (tertiary/aromatic N) is 1. The molecular formula is C21H30FN3O5. The highest BCUT2D eigenvalue weighted by molar-refractivity contribution is 6.01. The fourth-order valence-corrected chi connectivity index (χ4v) is 3.51. The van der Waals surface area contributed by atoms with Crippen molar-refractivity contribution in [3.63, 3.8) is 0 Å². The molecular weight excluding hydrogens is 393 g/mol. The van der Waals surface area contributed by atoms with Gasteiger partial charge in [-0.05, 0) is 37.5 Å². The molecule has 166 valence electrons. The number of carboxylic acid groups (broad SMARTS) is 1. The van der Waals surface area contributed by atoms with Gasteiger partial charge in [0.2, 0.25) is 11.8 Å². The predicted molar refractivity (Wildman–Crippen MR) is 111 cm³/mol. The van der Waals surface area contributed by atoms with E-state index in [0.29, 0.717) is 30.9 Å². The van der Waals surface area contributed by atoms with Gasteiger partial charge in [0, 0.05) is 25.2 Å². The smallest absolute Gasteiger partial charge is 0.306 e. The Balaban J connectivity index is 0.00000101. The third-order valence-electron chi connectivity index (χ3n) is 5.04. The number of imide groups is 1. The minimum Gasteiger partial charge on any atom is -0.481 e. The summed E-state index contributed by atoms with van der Waals surface area (Å²) in [6.07, 6.45) is 2.00. The van der Waals surface area contributed by atoms with Crippen LogP contribution in [0.15, 0.2) is 18.2 Å². The highest BCUT2D eigenvalue weighted by atomic mass is 19.1. The summed E-state index contributed by atoms with van der Waals surface area (Å²) in [4.78, 5) is 35.6. The van der Waals surface area contributed by atoms with E-state index in [1.54, 1.807) is 17.0 Å². The van der Waals surface area contributed by atoms with Crippen LogP contribution in [-0.4, -0.2) is 52.7 Å². The first kappa shape index (κ1) is 23.6. The minimum absolute atomic E-state index is 0.233. The molecule has 2 saturated heterocycles. The Labute approximate surface area is 175 Å². The SMILES string of the molecule is CCC.O=C(O)CC1(O)CCN(c2ccc(NC3CCC(=O)NC3=O)cc2F)CC1. The second-order valence-electron chi connectivity index (χ2n) is 7.80. The van der Waals surface area contributed by atoms with Gasteiger partial charge in [-0.15, -0.1) is 0 Å². The van der Waals surface area contributed by atoms with Gasteiger partial charge in [-0.3, -0.25) is 19.7 Å². The Morgan fingerprint density at radius 2 is 1.93 bits per heavy atom. The molecule has 2 amide bonds. The quantitative estimate of drug-likeness (QED) is 0.537. The maximum absolute atomic E-state index is 14.6. The lowest BCUT2D eigenvalue weighted by atomic mass is 9.88. The van der Waals surface area contributed by atoms with E-state index in [-0.39, 0.29) is 31.6 Å². The third-order valence-corrected chi connectivity index (χ3v) is 5.04. The fourth-order valence-electron chi connectivity index (χ4n) is 3.51. The number of benzene rings is 1. The predicted octanol–water partition coefficient (Wildman–Crippen LogP) is 2.27. The summed E-state index contributed by atoms with van der Waals surface area (Å²) in [5, 5.41) is 24.3. The minimum atomic E-state index is -1.26. The van der Waals surface area contributed by atoms with Gasteiger partial charge in [-0.2, -0.15) is 0 Å². The molecule has 4 N–H and O–H groups in total. The van der Waals surface area contributed by atoms with Crippen LogP contribution in [0.5, 0.6) is 0 Å². The normalized spacial score (nSPS) is 20.7. The largest absolute Gasteiger partial charge is 0.481 e. The molecule has 8 nitrogen and oxygen atoms in total. The summed E-state index contributed by atoms with van der Waals surface area (Å²) in [7, 11) is 0. The van der Waals surface area contributed by atoms with Crippen molar-refractivity contribution < 1.29 is 29.0 Å². The van der Waals surface area contributed by atoms with Crippen LogP contribution >= 0.6 is 0 Å². The first-order valence-corrected chi connectivity index (χ1v) is 10.3. The van der Waals surface area contributed by atoms with Crippen molar-refractivity contribution in [2.75, 3.05) is 23.3 Å². The lowest BCUT2D eigenvalue weighted by Crippen LogP contribution is -2.47. The number of anilines is 2. The lowest BCUT2D eigenvalue weighted by Gasteiger charge is -2.38. The zero-order chi connectivity index (χ0) is 22.3. The summed E-state index contributed by atoms with van der Waals surface area (Å²) in [6, 6.07) is 3.94. The van der Waals surface area contributed by atoms with E-state index >= 15 is 0 Å². The van der Waals surface area contributed by atoms with Crippen molar-refractivity contribution in [3.8, 4) is 0 Å². The average molecular weight is 423 g/mol. The second-order valence-corrected chi connectivity index (χ2v) is 7.80. The maximum atomic E-state index is 14.6. The highest BCUT2D eigenvalue weighted by Crippen LogP contribution is 2.31. The summed E-state index contributed by atoms with van der Waals surface area (Å²) < 4.78 is 14.6. The lowest BCUT2D eigenvalue weighted by molar-refractivity contribution is -0.143. The number of carbonyl (C=O) groups excluding carboxylic acids is 2. The molecule has 0 aliphatic carbocycles. The van der Waals surface area contributed by atoms with Crippen LogP contribution in [0.25, 0.3) is 0 Å². The molecule has 2 aliphatic rings. The molecule has 0 radical (unpaired) electrons. The number of hydrogen-bond donors (Lipinski definition) is 4. The van der Waals surface area contributed by atoms with Gasteiger partial charge in [0.1, 0.15) is 11.9 Å². The first-order chi connectivity index (χ1) is 14.2. The molecule has 9 heteroatoms. The highest BCUT2D eigenvalue weighted by Gasteiger charge is 2.35. The zero-order valence-electron chi connectivity index (χ0n) is 17.4. The molecule has 2 heterocycles. The molecule has 2 aliphatic heterocycles. The standard InChI is InChI=1S/C18H22FN3O5.C3H8/c19-12-9-11(20-13-2-4-15(23)21-17(13)26)1-3-14(12)22-7-5-18(27,6-8-22)10-16(24)25;1-3-2/h1,3,9,13,20,27H,2,4-8,10H2,(H,24,25)(H,21,23,26);3H2,1-2H3. The molecule has 1 aromatic carbocycles.